The molecule has 3 rings (SSSR count). The van der Waals surface area contributed by atoms with Gasteiger partial charge in [-0.1, -0.05) is 72.6 Å². The Morgan fingerprint density at radius 3 is 2.21 bits per heavy atom. The highest BCUT2D eigenvalue weighted by molar-refractivity contribution is 6.36. The number of hydrogen-bond acceptors (Lipinski definition) is 4. The van der Waals surface area contributed by atoms with Crippen LogP contribution < -0.4 is 14.8 Å². The van der Waals surface area contributed by atoms with Crippen molar-refractivity contribution >= 4 is 35.0 Å². The SMILES string of the molecule is CCCNC(=O)[C@H](Cc1ccccc1)N(Cc1c(Cl)cccc1Cl)C(=O)CCc1ccc(OC)c(OC)c1. The molecule has 0 spiro atoms. The Kier molecular flexibility index (Phi) is 11.3. The fourth-order valence-electron chi connectivity index (χ4n) is 4.20. The minimum atomic E-state index is -0.741. The highest BCUT2D eigenvalue weighted by Crippen LogP contribution is 2.29. The van der Waals surface area contributed by atoms with Gasteiger partial charge in [0.25, 0.3) is 0 Å². The average molecular weight is 558 g/mol. The van der Waals surface area contributed by atoms with Gasteiger partial charge in [0.05, 0.1) is 14.2 Å². The smallest absolute Gasteiger partial charge is 0.243 e. The molecular weight excluding hydrogens is 523 g/mol. The summed E-state index contributed by atoms with van der Waals surface area (Å²) in [5, 5.41) is 3.87. The zero-order valence-electron chi connectivity index (χ0n) is 22.0. The Morgan fingerprint density at radius 2 is 1.58 bits per heavy atom. The molecule has 1 atom stereocenters. The molecule has 0 saturated carbocycles. The lowest BCUT2D eigenvalue weighted by molar-refractivity contribution is -0.141. The number of halogens is 2. The molecule has 2 amide bonds. The summed E-state index contributed by atoms with van der Waals surface area (Å²) in [5.41, 5.74) is 2.48. The molecule has 202 valence electrons. The second kappa shape index (κ2) is 14.6. The fraction of sp³-hybridized carbons (Fsp3) is 0.333. The highest BCUT2D eigenvalue weighted by Gasteiger charge is 2.31. The van der Waals surface area contributed by atoms with Gasteiger partial charge in [0, 0.05) is 41.5 Å². The van der Waals surface area contributed by atoms with Crippen LogP contribution in [0.1, 0.15) is 36.5 Å². The molecule has 3 aromatic rings. The van der Waals surface area contributed by atoms with Gasteiger partial charge in [-0.2, -0.15) is 0 Å². The van der Waals surface area contributed by atoms with Crippen LogP contribution in [-0.2, 0) is 29.0 Å². The largest absolute Gasteiger partial charge is 0.493 e. The molecular formula is C30H34Cl2N2O4. The van der Waals surface area contributed by atoms with E-state index in [-0.39, 0.29) is 24.8 Å². The number of hydrogen-bond donors (Lipinski definition) is 1. The predicted octanol–water partition coefficient (Wildman–Crippen LogP) is 6.11. The molecule has 0 aromatic heterocycles. The van der Waals surface area contributed by atoms with E-state index in [1.807, 2.05) is 55.5 Å². The third-order valence-electron chi connectivity index (χ3n) is 6.29. The van der Waals surface area contributed by atoms with Crippen molar-refractivity contribution in [3.63, 3.8) is 0 Å². The summed E-state index contributed by atoms with van der Waals surface area (Å²) >= 11 is 13.0. The molecule has 1 N–H and O–H groups in total. The first-order chi connectivity index (χ1) is 18.4. The van der Waals surface area contributed by atoms with E-state index >= 15 is 0 Å². The second-order valence-electron chi connectivity index (χ2n) is 8.91. The van der Waals surface area contributed by atoms with Crippen molar-refractivity contribution in [2.45, 2.75) is 45.2 Å². The summed E-state index contributed by atoms with van der Waals surface area (Å²) in [4.78, 5) is 28.9. The van der Waals surface area contributed by atoms with Crippen LogP contribution in [0.15, 0.2) is 66.7 Å². The summed E-state index contributed by atoms with van der Waals surface area (Å²) in [6.45, 7) is 2.62. The first-order valence-corrected chi connectivity index (χ1v) is 13.4. The van der Waals surface area contributed by atoms with Gasteiger partial charge in [-0.3, -0.25) is 9.59 Å². The number of amides is 2. The van der Waals surface area contributed by atoms with Crippen LogP contribution in [0.25, 0.3) is 0 Å². The normalized spacial score (nSPS) is 11.5. The quantitative estimate of drug-likeness (QED) is 0.276. The number of nitrogens with one attached hydrogen (secondary N) is 1. The lowest BCUT2D eigenvalue weighted by atomic mass is 10.0. The number of nitrogens with zero attached hydrogens (tertiary/aromatic N) is 1. The van der Waals surface area contributed by atoms with E-state index in [1.54, 1.807) is 37.3 Å². The van der Waals surface area contributed by atoms with Crippen LogP contribution in [0.4, 0.5) is 0 Å². The van der Waals surface area contributed by atoms with E-state index in [1.165, 1.54) is 0 Å². The van der Waals surface area contributed by atoms with Crippen molar-refractivity contribution in [1.82, 2.24) is 10.2 Å². The Hall–Kier alpha value is -3.22. The third kappa shape index (κ3) is 7.89. The molecule has 0 radical (unpaired) electrons. The van der Waals surface area contributed by atoms with Crippen molar-refractivity contribution in [1.29, 1.82) is 0 Å². The topological polar surface area (TPSA) is 67.9 Å². The van der Waals surface area contributed by atoms with Crippen molar-refractivity contribution in [3.8, 4) is 11.5 Å². The summed E-state index contributed by atoms with van der Waals surface area (Å²) in [6, 6.07) is 19.7. The van der Waals surface area contributed by atoms with E-state index in [9.17, 15) is 9.59 Å². The number of carbonyl (C=O) groups is 2. The van der Waals surface area contributed by atoms with E-state index in [2.05, 4.69) is 5.32 Å². The number of benzene rings is 3. The van der Waals surface area contributed by atoms with Gasteiger partial charge < -0.3 is 19.7 Å². The number of aryl methyl sites for hydroxylation is 1. The molecule has 0 bridgehead atoms. The molecule has 3 aromatic carbocycles. The summed E-state index contributed by atoms with van der Waals surface area (Å²) < 4.78 is 10.7. The highest BCUT2D eigenvalue weighted by atomic mass is 35.5. The molecule has 0 heterocycles. The first-order valence-electron chi connectivity index (χ1n) is 12.6. The van der Waals surface area contributed by atoms with Crippen molar-refractivity contribution < 1.29 is 19.1 Å². The van der Waals surface area contributed by atoms with Crippen LogP contribution in [-0.4, -0.2) is 43.5 Å². The first kappa shape index (κ1) is 29.3. The monoisotopic (exact) mass is 556 g/mol. The van der Waals surface area contributed by atoms with Gasteiger partial charge in [-0.15, -0.1) is 0 Å². The van der Waals surface area contributed by atoms with Gasteiger partial charge in [-0.25, -0.2) is 0 Å². The zero-order chi connectivity index (χ0) is 27.5. The summed E-state index contributed by atoms with van der Waals surface area (Å²) in [5.74, 6) is 0.827. The van der Waals surface area contributed by atoms with Crippen LogP contribution in [0.2, 0.25) is 10.0 Å². The minimum Gasteiger partial charge on any atom is -0.493 e. The third-order valence-corrected chi connectivity index (χ3v) is 6.99. The van der Waals surface area contributed by atoms with Crippen LogP contribution in [0.5, 0.6) is 11.5 Å². The van der Waals surface area contributed by atoms with Crippen LogP contribution in [0.3, 0.4) is 0 Å². The Balaban J connectivity index is 1.94. The standard InChI is InChI=1S/C30H34Cl2N2O4/c1-4-17-33-30(36)26(18-21-9-6-5-7-10-21)34(20-23-24(31)11-8-12-25(23)32)29(35)16-14-22-13-15-27(37-2)28(19-22)38-3/h5-13,15,19,26H,4,14,16-18,20H2,1-3H3,(H,33,36)/t26-/m0/s1. The molecule has 0 saturated heterocycles. The van der Waals surface area contributed by atoms with Crippen molar-refractivity contribution in [2.75, 3.05) is 20.8 Å². The maximum absolute atomic E-state index is 13.8. The van der Waals surface area contributed by atoms with E-state index in [0.29, 0.717) is 46.5 Å². The second-order valence-corrected chi connectivity index (χ2v) is 9.72. The predicted molar refractivity (Wildman–Crippen MR) is 152 cm³/mol. The van der Waals surface area contributed by atoms with Gasteiger partial charge >= 0.3 is 0 Å². The molecule has 0 unspecified atom stereocenters. The maximum atomic E-state index is 13.8. The number of carbonyl (C=O) groups excluding carboxylic acids is 2. The van der Waals surface area contributed by atoms with Gasteiger partial charge in [0.15, 0.2) is 11.5 Å². The Morgan fingerprint density at radius 1 is 0.895 bits per heavy atom. The molecule has 38 heavy (non-hydrogen) atoms. The van der Waals surface area contributed by atoms with E-state index in [4.69, 9.17) is 32.7 Å². The molecule has 0 fully saturated rings. The van der Waals surface area contributed by atoms with Crippen LogP contribution in [0, 0.1) is 0 Å². The number of methoxy groups -OCH3 is 2. The number of rotatable bonds is 13. The van der Waals surface area contributed by atoms with Crippen LogP contribution >= 0.6 is 23.2 Å². The molecule has 0 aliphatic carbocycles. The zero-order valence-corrected chi connectivity index (χ0v) is 23.5. The van der Waals surface area contributed by atoms with Crippen molar-refractivity contribution in [2.24, 2.45) is 0 Å². The van der Waals surface area contributed by atoms with E-state index in [0.717, 1.165) is 17.5 Å². The Bertz CT molecular complexity index is 1200. The molecule has 6 nitrogen and oxygen atoms in total. The maximum Gasteiger partial charge on any atom is 0.243 e. The lowest BCUT2D eigenvalue weighted by Crippen LogP contribution is -2.50. The summed E-state index contributed by atoms with van der Waals surface area (Å²) in [6.07, 6.45) is 1.79. The minimum absolute atomic E-state index is 0.111. The average Bonchev–Trinajstić information content (AvgIpc) is 2.93. The Labute approximate surface area is 234 Å². The number of ether oxygens (including phenoxy) is 2. The van der Waals surface area contributed by atoms with Gasteiger partial charge in [0.2, 0.25) is 11.8 Å². The summed E-state index contributed by atoms with van der Waals surface area (Å²) in [7, 11) is 3.15. The lowest BCUT2D eigenvalue weighted by Gasteiger charge is -2.32. The fourth-order valence-corrected chi connectivity index (χ4v) is 4.72. The molecule has 0 aliphatic heterocycles. The van der Waals surface area contributed by atoms with Gasteiger partial charge in [-0.05, 0) is 48.2 Å². The molecule has 8 heteroatoms. The van der Waals surface area contributed by atoms with Gasteiger partial charge in [0.1, 0.15) is 6.04 Å². The van der Waals surface area contributed by atoms with E-state index < -0.39 is 6.04 Å². The van der Waals surface area contributed by atoms with Crippen molar-refractivity contribution in [3.05, 3.63) is 93.5 Å². The molecule has 0 aliphatic rings.